The van der Waals surface area contributed by atoms with Crippen molar-refractivity contribution < 1.29 is 13.9 Å². The number of amides is 1. The van der Waals surface area contributed by atoms with Crippen molar-refractivity contribution in [1.82, 2.24) is 19.7 Å². The van der Waals surface area contributed by atoms with E-state index in [1.165, 1.54) is 18.3 Å². The van der Waals surface area contributed by atoms with Gasteiger partial charge in [0.05, 0.1) is 65.4 Å². The van der Waals surface area contributed by atoms with Crippen LogP contribution in [-0.2, 0) is 10.2 Å². The van der Waals surface area contributed by atoms with Gasteiger partial charge in [-0.05, 0) is 69.0 Å². The molecule has 2 fully saturated rings. The normalized spacial score (nSPS) is 22.6. The maximum absolute atomic E-state index is 13.2. The fraction of sp³-hybridized carbons (Fsp3) is 0.407. The number of nitrogens with zero attached hydrogens (tertiary/aromatic N) is 5. The van der Waals surface area contributed by atoms with Crippen molar-refractivity contribution in [2.75, 3.05) is 31.6 Å². The van der Waals surface area contributed by atoms with Gasteiger partial charge in [0, 0.05) is 19.1 Å². The summed E-state index contributed by atoms with van der Waals surface area (Å²) in [7, 11) is 0. The average molecular weight is 489 g/mol. The molecule has 2 aliphatic rings. The molecule has 1 amide bonds. The molecule has 3 heterocycles. The van der Waals surface area contributed by atoms with Crippen molar-refractivity contribution in [3.05, 3.63) is 71.6 Å². The number of benzene rings is 1. The molecule has 0 bridgehead atoms. The van der Waals surface area contributed by atoms with Crippen LogP contribution in [0.15, 0.2) is 48.8 Å². The Bertz CT molecular complexity index is 1250. The lowest BCUT2D eigenvalue weighted by atomic mass is 9.71. The van der Waals surface area contributed by atoms with Crippen molar-refractivity contribution in [1.29, 1.82) is 5.26 Å². The quantitative estimate of drug-likeness (QED) is 0.583. The molecule has 1 aliphatic heterocycles. The molecule has 9 heteroatoms. The molecule has 0 unspecified atom stereocenters. The minimum absolute atomic E-state index is 0.309. The van der Waals surface area contributed by atoms with Crippen LogP contribution in [-0.4, -0.2) is 57.9 Å². The van der Waals surface area contributed by atoms with Crippen molar-refractivity contribution in [3.63, 3.8) is 0 Å². The number of carbonyl (C=O) groups is 1. The Morgan fingerprint density at radius 1 is 1.14 bits per heavy atom. The number of aromatic nitrogens is 3. The Hall–Kier alpha value is -3.61. The number of nitrogens with one attached hydrogen (secondary N) is 1. The average Bonchev–Trinajstić information content (AvgIpc) is 3.31. The number of nitriles is 1. The van der Waals surface area contributed by atoms with E-state index >= 15 is 0 Å². The number of carbonyl (C=O) groups excluding carboxylic acids is 1. The highest BCUT2D eigenvalue weighted by Gasteiger charge is 2.40. The van der Waals surface area contributed by atoms with Gasteiger partial charge in [0.1, 0.15) is 5.82 Å². The lowest BCUT2D eigenvalue weighted by molar-refractivity contribution is 0.00493. The molecule has 3 aromatic rings. The van der Waals surface area contributed by atoms with Gasteiger partial charge in [0.25, 0.3) is 5.91 Å². The first-order chi connectivity index (χ1) is 17.5. The summed E-state index contributed by atoms with van der Waals surface area (Å²) < 4.78 is 20.3. The highest BCUT2D eigenvalue weighted by Crippen LogP contribution is 2.40. The summed E-state index contributed by atoms with van der Waals surface area (Å²) in [5.74, 6) is -0.641. The third-order valence-electron chi connectivity index (χ3n) is 7.42. The molecule has 0 atom stereocenters. The van der Waals surface area contributed by atoms with Crippen LogP contribution < -0.4 is 5.32 Å². The second-order valence-electron chi connectivity index (χ2n) is 9.49. The molecule has 1 aromatic carbocycles. The summed E-state index contributed by atoms with van der Waals surface area (Å²) in [5.41, 5.74) is 2.43. The van der Waals surface area contributed by atoms with E-state index in [-0.39, 0.29) is 11.7 Å². The van der Waals surface area contributed by atoms with E-state index in [1.807, 2.05) is 6.07 Å². The van der Waals surface area contributed by atoms with E-state index in [9.17, 15) is 14.4 Å². The van der Waals surface area contributed by atoms with Gasteiger partial charge in [-0.25, -0.2) is 9.07 Å². The highest BCUT2D eigenvalue weighted by atomic mass is 19.1. The van der Waals surface area contributed by atoms with Crippen LogP contribution >= 0.6 is 0 Å². The second kappa shape index (κ2) is 10.2. The number of pyridine rings is 1. The molecule has 1 saturated carbocycles. The van der Waals surface area contributed by atoms with Gasteiger partial charge >= 0.3 is 0 Å². The molecule has 186 valence electrons. The summed E-state index contributed by atoms with van der Waals surface area (Å²) in [4.78, 5) is 20.0. The maximum Gasteiger partial charge on any atom is 0.259 e. The van der Waals surface area contributed by atoms with Crippen LogP contribution in [0.5, 0.6) is 0 Å². The number of halogens is 1. The predicted molar refractivity (Wildman–Crippen MR) is 132 cm³/mol. The number of rotatable bonds is 5. The Morgan fingerprint density at radius 3 is 2.50 bits per heavy atom. The van der Waals surface area contributed by atoms with Gasteiger partial charge in [-0.15, -0.1) is 0 Å². The molecule has 1 N–H and O–H groups in total. The highest BCUT2D eigenvalue weighted by molar-refractivity contribution is 6.04. The van der Waals surface area contributed by atoms with E-state index in [2.05, 4.69) is 26.4 Å². The first-order valence-corrected chi connectivity index (χ1v) is 12.3. The van der Waals surface area contributed by atoms with Gasteiger partial charge in [-0.2, -0.15) is 10.4 Å². The van der Waals surface area contributed by atoms with Crippen LogP contribution in [0.2, 0.25) is 0 Å². The van der Waals surface area contributed by atoms with Crippen molar-refractivity contribution >= 4 is 11.6 Å². The molecule has 8 nitrogen and oxygen atoms in total. The van der Waals surface area contributed by atoms with Crippen LogP contribution in [0, 0.1) is 24.1 Å². The number of morpholine rings is 1. The Morgan fingerprint density at radius 2 is 1.86 bits per heavy atom. The smallest absolute Gasteiger partial charge is 0.259 e. The standard InChI is InChI=1S/C27H29FN6O2/c1-19-24(17-31-34(19)23-5-2-20(28)3-6-23)26(35)32-21-4-7-25(30-16-21)27(18-29)10-8-22(9-11-27)33-12-14-36-15-13-33/h2-7,16-17,22H,8-15H2,1H3,(H,32,35). The zero-order chi connectivity index (χ0) is 25.1. The second-order valence-corrected chi connectivity index (χ2v) is 9.49. The summed E-state index contributed by atoms with van der Waals surface area (Å²) in [6.45, 7) is 5.26. The van der Waals surface area contributed by atoms with Gasteiger partial charge in [0.15, 0.2) is 0 Å². The number of anilines is 1. The summed E-state index contributed by atoms with van der Waals surface area (Å²) in [6.07, 6.45) is 6.57. The fourth-order valence-corrected chi connectivity index (χ4v) is 5.25. The number of hydrogen-bond donors (Lipinski definition) is 1. The van der Waals surface area contributed by atoms with Crippen LogP contribution in [0.25, 0.3) is 5.69 Å². The Balaban J connectivity index is 1.25. The number of hydrogen-bond acceptors (Lipinski definition) is 6. The topological polar surface area (TPSA) is 96.1 Å². The van der Waals surface area contributed by atoms with Gasteiger partial charge in [-0.1, -0.05) is 0 Å². The van der Waals surface area contributed by atoms with Crippen LogP contribution in [0.4, 0.5) is 10.1 Å². The maximum atomic E-state index is 13.2. The van der Waals surface area contributed by atoms with E-state index in [1.54, 1.807) is 36.0 Å². The van der Waals surface area contributed by atoms with Gasteiger partial charge < -0.3 is 10.1 Å². The molecule has 5 rings (SSSR count). The lowest BCUT2D eigenvalue weighted by Gasteiger charge is -2.41. The number of ether oxygens (including phenoxy) is 1. The SMILES string of the molecule is Cc1c(C(=O)Nc2ccc(C3(C#N)CCC(N4CCOCC4)CC3)nc2)cnn1-c1ccc(F)cc1. The monoisotopic (exact) mass is 488 g/mol. The molecule has 2 aromatic heterocycles. The van der Waals surface area contributed by atoms with Crippen LogP contribution in [0.1, 0.15) is 47.4 Å². The minimum Gasteiger partial charge on any atom is -0.379 e. The van der Waals surface area contributed by atoms with Crippen molar-refractivity contribution in [2.24, 2.45) is 0 Å². The summed E-state index contributed by atoms with van der Waals surface area (Å²) in [6, 6.07) is 12.6. The minimum atomic E-state index is -0.599. The fourth-order valence-electron chi connectivity index (χ4n) is 5.25. The van der Waals surface area contributed by atoms with E-state index in [4.69, 9.17) is 4.74 Å². The van der Waals surface area contributed by atoms with Gasteiger partial charge in [0.2, 0.25) is 0 Å². The molecular weight excluding hydrogens is 459 g/mol. The molecule has 1 saturated heterocycles. The molecule has 36 heavy (non-hydrogen) atoms. The van der Waals surface area contributed by atoms with E-state index in [0.29, 0.717) is 28.7 Å². The largest absolute Gasteiger partial charge is 0.379 e. The lowest BCUT2D eigenvalue weighted by Crippen LogP contribution is -2.47. The van der Waals surface area contributed by atoms with Crippen LogP contribution in [0.3, 0.4) is 0 Å². The van der Waals surface area contributed by atoms with E-state index in [0.717, 1.165) is 57.7 Å². The molecule has 0 radical (unpaired) electrons. The van der Waals surface area contributed by atoms with E-state index < -0.39 is 5.41 Å². The predicted octanol–water partition coefficient (Wildman–Crippen LogP) is 4.00. The van der Waals surface area contributed by atoms with Gasteiger partial charge in [-0.3, -0.25) is 14.7 Å². The third-order valence-corrected chi connectivity index (χ3v) is 7.42. The third kappa shape index (κ3) is 4.74. The summed E-state index contributed by atoms with van der Waals surface area (Å²) >= 11 is 0. The zero-order valence-electron chi connectivity index (χ0n) is 20.3. The van der Waals surface area contributed by atoms with Crippen molar-refractivity contribution in [2.45, 2.75) is 44.1 Å². The first-order valence-electron chi connectivity index (χ1n) is 12.3. The Labute approximate surface area is 209 Å². The van der Waals surface area contributed by atoms with Crippen molar-refractivity contribution in [3.8, 4) is 11.8 Å². The molecular formula is C27H29FN6O2. The zero-order valence-corrected chi connectivity index (χ0v) is 20.3. The summed E-state index contributed by atoms with van der Waals surface area (Å²) in [5, 5.41) is 17.2. The Kier molecular flexibility index (Phi) is 6.81. The molecule has 0 spiro atoms. The molecule has 1 aliphatic carbocycles. The first kappa shape index (κ1) is 24.1.